The van der Waals surface area contributed by atoms with Crippen LogP contribution in [0.15, 0.2) is 138 Å². The van der Waals surface area contributed by atoms with Gasteiger partial charge in [0.05, 0.1) is 58.0 Å². The minimum Gasteiger partial charge on any atom is -0.437 e. The molecule has 0 amide bonds. The molecule has 91 heavy (non-hydrogen) atoms. The molecule has 0 spiro atoms. The number of rotatable bonds is 13. The summed E-state index contributed by atoms with van der Waals surface area (Å²) in [5, 5.41) is 66.1. The summed E-state index contributed by atoms with van der Waals surface area (Å²) in [4.78, 5) is 32.3. The van der Waals surface area contributed by atoms with Crippen LogP contribution in [0.4, 0.5) is 0 Å². The van der Waals surface area contributed by atoms with Crippen LogP contribution in [-0.4, -0.2) is 150 Å². The molecular weight excluding hydrogens is 1280 g/mol. The lowest BCUT2D eigenvalue weighted by Gasteiger charge is -2.38. The van der Waals surface area contributed by atoms with Crippen molar-refractivity contribution in [3.8, 4) is 0 Å². The smallest absolute Gasteiger partial charge is 0.376 e. The molecule has 0 saturated carbocycles. The van der Waals surface area contributed by atoms with Crippen molar-refractivity contribution >= 4 is 46.0 Å². The lowest BCUT2D eigenvalue weighted by molar-refractivity contribution is -0.00603. The predicted octanol–water partition coefficient (Wildman–Crippen LogP) is 10.2. The summed E-state index contributed by atoms with van der Waals surface area (Å²) in [6, 6.07) is 28.0. The van der Waals surface area contributed by atoms with E-state index in [4.69, 9.17) is 29.9 Å². The maximum absolute atomic E-state index is 9.65. The molecule has 19 nitrogen and oxygen atoms in total. The molecule has 10 heterocycles. The Bertz CT molecular complexity index is 2810. The molecule has 0 aromatic carbocycles. The van der Waals surface area contributed by atoms with E-state index < -0.39 is 0 Å². The van der Waals surface area contributed by atoms with Gasteiger partial charge in [-0.15, -0.1) is 0 Å². The summed E-state index contributed by atoms with van der Waals surface area (Å²) in [6.45, 7) is 26.5. The summed E-state index contributed by atoms with van der Waals surface area (Å²) >= 11 is 6.36. The Morgan fingerprint density at radius 1 is 0.473 bits per heavy atom. The van der Waals surface area contributed by atoms with E-state index in [0.717, 1.165) is 125 Å². The number of nitrogens with zero attached hydrogens (tertiary/aromatic N) is 9. The van der Waals surface area contributed by atoms with Gasteiger partial charge in [0.1, 0.15) is 9.21 Å². The van der Waals surface area contributed by atoms with Gasteiger partial charge in [-0.3, -0.25) is 24.9 Å². The molecular formula is C68H100B2Br2N10O9. The third kappa shape index (κ3) is 34.9. The van der Waals surface area contributed by atoms with Gasteiger partial charge in [-0.2, -0.15) is 0 Å². The van der Waals surface area contributed by atoms with E-state index in [1.54, 1.807) is 68.0 Å². The minimum atomic E-state index is -0.377. The van der Waals surface area contributed by atoms with Crippen LogP contribution in [-0.2, 0) is 55.5 Å². The maximum atomic E-state index is 9.65. The van der Waals surface area contributed by atoms with Gasteiger partial charge in [-0.1, -0.05) is 20.8 Å². The number of pyridine rings is 7. The molecule has 0 bridgehead atoms. The van der Waals surface area contributed by atoms with Crippen LogP contribution in [0, 0.1) is 34.6 Å². The number of nitrogens with one attached hydrogen (secondary N) is 1. The summed E-state index contributed by atoms with van der Waals surface area (Å²) in [5.74, 6) is 0. The number of halogens is 2. The predicted molar refractivity (Wildman–Crippen MR) is 370 cm³/mol. The van der Waals surface area contributed by atoms with Gasteiger partial charge in [0.15, 0.2) is 0 Å². The van der Waals surface area contributed by atoms with E-state index in [2.05, 4.69) is 116 Å². The first-order chi connectivity index (χ1) is 43.5. The Morgan fingerprint density at radius 3 is 1.11 bits per heavy atom. The highest BCUT2D eigenvalue weighted by atomic mass is 79.9. The largest absolute Gasteiger partial charge is 0.437 e. The van der Waals surface area contributed by atoms with E-state index in [1.807, 2.05) is 102 Å². The Hall–Kier alpha value is -5.34. The third-order valence-electron chi connectivity index (χ3n) is 14.8. The second-order valence-electron chi connectivity index (χ2n) is 22.9. The van der Waals surface area contributed by atoms with Crippen molar-refractivity contribution in [1.29, 1.82) is 0 Å². The highest BCUT2D eigenvalue weighted by Crippen LogP contribution is 2.22. The quantitative estimate of drug-likeness (QED) is 0.0394. The molecule has 8 N–H and O–H groups in total. The zero-order chi connectivity index (χ0) is 67.1. The standard InChI is InChI=1S/C14H23BN2O2.C13H20N2O.C8H11N.C7H16BNO2.2C7H9NO.2C6H6BrNO/c1-11-8-13(4-6-16-11)10-19-14-5-7-17(15(3)18)12(2)9-14;1-10-7-12(3-5-14-10)9-16-13-4-6-15-11(2)8-13;1-3-8-4-5-9-7(2)6-8;1-6-5-7(10)3-4-9(6)8(2)11;2*1-6-4-7(5-9)2-3-8-6;2*7-6-3-5(4-9)1-2-8-6/h4,6,8,12,14,18H,5,7,9-10H2,1-3H3;3,5,7,11,13,15H,4,6,8-9H2,1-2H3;4-6H,3H2,1-2H3;6-7,10-11H,3-5H2,1-2H3;2*2-4,9H,5H2,1H3;2*1-3,9H,4H2. The molecule has 3 fully saturated rings. The van der Waals surface area contributed by atoms with Crippen molar-refractivity contribution in [2.24, 2.45) is 0 Å². The van der Waals surface area contributed by atoms with Gasteiger partial charge < -0.3 is 60.0 Å². The molecule has 0 aliphatic carbocycles. The second kappa shape index (κ2) is 45.9. The van der Waals surface area contributed by atoms with Gasteiger partial charge in [-0.05, 0) is 276 Å². The minimum absolute atomic E-state index is 0.0706. The molecule has 6 atom stereocenters. The highest BCUT2D eigenvalue weighted by molar-refractivity contribution is 9.10. The number of piperidine rings is 3. The summed E-state index contributed by atoms with van der Waals surface area (Å²) in [6.07, 6.45) is 19.6. The van der Waals surface area contributed by atoms with Crippen LogP contribution in [0.3, 0.4) is 0 Å². The zero-order valence-corrected chi connectivity index (χ0v) is 58.5. The lowest BCUT2D eigenvalue weighted by Crippen LogP contribution is -2.50. The average Bonchev–Trinajstić information content (AvgIpc) is 2.57. The molecule has 496 valence electrons. The van der Waals surface area contributed by atoms with Gasteiger partial charge in [0.25, 0.3) is 0 Å². The summed E-state index contributed by atoms with van der Waals surface area (Å²) < 4.78 is 13.4. The van der Waals surface area contributed by atoms with Crippen molar-refractivity contribution < 1.29 is 45.1 Å². The lowest BCUT2D eigenvalue weighted by atomic mass is 9.80. The third-order valence-corrected chi connectivity index (χ3v) is 15.7. The van der Waals surface area contributed by atoms with E-state index >= 15 is 0 Å². The topological polar surface area (TPSA) is 269 Å². The van der Waals surface area contributed by atoms with Crippen molar-refractivity contribution in [1.82, 2.24) is 49.8 Å². The molecule has 7 aromatic rings. The van der Waals surface area contributed by atoms with Crippen LogP contribution in [0.5, 0.6) is 0 Å². The van der Waals surface area contributed by atoms with Crippen molar-refractivity contribution in [2.75, 3.05) is 19.6 Å². The Morgan fingerprint density at radius 2 is 0.802 bits per heavy atom. The van der Waals surface area contributed by atoms with Crippen LogP contribution >= 0.6 is 31.9 Å². The second-order valence-corrected chi connectivity index (χ2v) is 24.5. The molecule has 6 unspecified atom stereocenters. The first-order valence-corrected chi connectivity index (χ1v) is 32.9. The number of ether oxygens (including phenoxy) is 2. The van der Waals surface area contributed by atoms with Crippen LogP contribution in [0.2, 0.25) is 13.6 Å². The molecule has 0 radical (unpaired) electrons. The number of aromatic nitrogens is 7. The average molecular weight is 1380 g/mol. The molecule has 3 aliphatic heterocycles. The summed E-state index contributed by atoms with van der Waals surface area (Å²) in [7, 11) is -0.740. The number of aliphatic hydroxyl groups excluding tert-OH is 5. The van der Waals surface area contributed by atoms with E-state index in [-0.39, 0.29) is 46.6 Å². The van der Waals surface area contributed by atoms with Crippen LogP contribution in [0.25, 0.3) is 0 Å². The van der Waals surface area contributed by atoms with Crippen molar-refractivity contribution in [3.05, 3.63) is 205 Å². The fraction of sp³-hybridized carbons (Fsp3) is 0.485. The van der Waals surface area contributed by atoms with Gasteiger partial charge >= 0.3 is 14.1 Å². The molecule has 3 aliphatic rings. The molecule has 7 aromatic heterocycles. The first-order valence-electron chi connectivity index (χ1n) is 31.3. The Labute approximate surface area is 559 Å². The fourth-order valence-electron chi connectivity index (χ4n) is 9.94. The number of aryl methyl sites for hydroxylation is 6. The SMILES string of the molecule is CB(O)N1CCC(O)CC1C.CB(O)N1CCC(OCc2ccnc(C)c2)CC1C.CCc1ccnc(C)c1.Cc1cc(CO)ccn1.Cc1cc(CO)ccn1.Cc1cc(COC2CCNC(C)C2)ccn1.OCc1ccnc(Br)c1.OCc1ccnc(Br)c1. The van der Waals surface area contributed by atoms with Crippen molar-refractivity contribution in [2.45, 2.75) is 197 Å². The highest BCUT2D eigenvalue weighted by Gasteiger charge is 2.30. The Balaban J connectivity index is 0.000000277. The van der Waals surface area contributed by atoms with Crippen LogP contribution in [0.1, 0.15) is 134 Å². The molecule has 10 rings (SSSR count). The fourth-order valence-corrected chi connectivity index (χ4v) is 10.8. The van der Waals surface area contributed by atoms with Gasteiger partial charge in [0, 0.05) is 90.0 Å². The molecule has 3 saturated heterocycles. The van der Waals surface area contributed by atoms with E-state index in [1.165, 1.54) is 16.7 Å². The van der Waals surface area contributed by atoms with Gasteiger partial charge in [0.2, 0.25) is 0 Å². The van der Waals surface area contributed by atoms with E-state index in [0.29, 0.717) is 43.5 Å². The monoisotopic (exact) mass is 1380 g/mol. The summed E-state index contributed by atoms with van der Waals surface area (Å²) in [5.41, 5.74) is 12.4. The maximum Gasteiger partial charge on any atom is 0.376 e. The Kier molecular flexibility index (Phi) is 40.3. The van der Waals surface area contributed by atoms with Crippen molar-refractivity contribution in [3.63, 3.8) is 0 Å². The van der Waals surface area contributed by atoms with Gasteiger partial charge in [-0.25, -0.2) is 9.97 Å². The number of hydrogen-bond donors (Lipinski definition) is 8. The first kappa shape index (κ1) is 79.9. The normalized spacial score (nSPS) is 18.4. The molecule has 23 heteroatoms. The van der Waals surface area contributed by atoms with Crippen LogP contribution < -0.4 is 5.32 Å². The number of hydrogen-bond acceptors (Lipinski definition) is 19. The zero-order valence-electron chi connectivity index (χ0n) is 55.3. The van der Waals surface area contributed by atoms with E-state index in [9.17, 15) is 15.2 Å². The number of aliphatic hydroxyl groups is 5.